The van der Waals surface area contributed by atoms with Crippen LogP contribution in [0.25, 0.3) is 0 Å². The molecule has 22 heteroatoms. The molecule has 84 heavy (non-hydrogen) atoms. The van der Waals surface area contributed by atoms with Crippen molar-refractivity contribution in [3.8, 4) is 0 Å². The first-order chi connectivity index (χ1) is 40.4. The van der Waals surface area contributed by atoms with Crippen LogP contribution in [-0.4, -0.2) is 209 Å². The van der Waals surface area contributed by atoms with E-state index in [-0.39, 0.29) is 131 Å². The fraction of sp³-hybridized carbons (Fsp3) is 0.887. The third-order valence-electron chi connectivity index (χ3n) is 14.3. The SMILES string of the molecule is CCCCCCCCCCCCCCCCCC(=O)NCCOCCOCCNC(=O)CN(CCN(CCN(CC(=O)O)CC(=O)NCCOCCOCCNC(=O)CCCCCCCCCCCCCCCCC)CC(=O)O)CC(=O)O.[Gd]. The van der Waals surface area contributed by atoms with Crippen molar-refractivity contribution in [3.05, 3.63) is 0 Å². The van der Waals surface area contributed by atoms with Crippen LogP contribution in [0.2, 0.25) is 0 Å². The summed E-state index contributed by atoms with van der Waals surface area (Å²) in [4.78, 5) is 89.1. The Balaban J connectivity index is 0. The van der Waals surface area contributed by atoms with Crippen LogP contribution in [0.3, 0.4) is 0 Å². The van der Waals surface area contributed by atoms with Crippen molar-refractivity contribution in [2.75, 3.05) is 138 Å². The third-order valence-corrected chi connectivity index (χ3v) is 14.3. The number of ether oxygens (including phenoxy) is 4. The average Bonchev–Trinajstić information content (AvgIpc) is 3.45. The molecule has 0 bridgehead atoms. The van der Waals surface area contributed by atoms with E-state index in [9.17, 15) is 48.9 Å². The zero-order chi connectivity index (χ0) is 60.9. The Kier molecular flexibility index (Phi) is 64.3. The normalized spacial score (nSPS) is 11.3. The van der Waals surface area contributed by atoms with E-state index in [2.05, 4.69) is 35.1 Å². The van der Waals surface area contributed by atoms with Crippen LogP contribution in [0.5, 0.6) is 0 Å². The minimum Gasteiger partial charge on any atom is -0.480 e. The molecule has 494 valence electrons. The Morgan fingerprint density at radius 3 is 0.750 bits per heavy atom. The fourth-order valence-electron chi connectivity index (χ4n) is 9.54. The predicted molar refractivity (Wildman–Crippen MR) is 327 cm³/mol. The van der Waals surface area contributed by atoms with Crippen molar-refractivity contribution in [3.63, 3.8) is 0 Å². The van der Waals surface area contributed by atoms with E-state index >= 15 is 0 Å². The molecular weight excluding hydrogens is 1220 g/mol. The van der Waals surface area contributed by atoms with Crippen molar-refractivity contribution < 1.29 is 108 Å². The van der Waals surface area contributed by atoms with E-state index in [1.54, 1.807) is 0 Å². The fourth-order valence-corrected chi connectivity index (χ4v) is 9.54. The number of carbonyl (C=O) groups excluding carboxylic acids is 4. The number of rotatable bonds is 66. The topological polar surface area (TPSA) is 275 Å². The molecule has 0 unspecified atom stereocenters. The van der Waals surface area contributed by atoms with Gasteiger partial charge in [-0.1, -0.05) is 194 Å². The van der Waals surface area contributed by atoms with Gasteiger partial charge in [0.25, 0.3) is 0 Å². The monoisotopic (exact) mass is 1340 g/mol. The van der Waals surface area contributed by atoms with Crippen LogP contribution in [0.4, 0.5) is 0 Å². The predicted octanol–water partition coefficient (Wildman–Crippen LogP) is 8.20. The van der Waals surface area contributed by atoms with Crippen molar-refractivity contribution in [1.82, 2.24) is 36.0 Å². The van der Waals surface area contributed by atoms with Crippen molar-refractivity contribution in [1.29, 1.82) is 0 Å². The van der Waals surface area contributed by atoms with Gasteiger partial charge in [-0.15, -0.1) is 0 Å². The van der Waals surface area contributed by atoms with Crippen molar-refractivity contribution >= 4 is 41.5 Å². The molecule has 0 saturated heterocycles. The van der Waals surface area contributed by atoms with Crippen LogP contribution in [0, 0.1) is 39.9 Å². The van der Waals surface area contributed by atoms with Crippen LogP contribution >= 0.6 is 0 Å². The molecular formula is C62H119GdN7O14. The molecule has 0 aliphatic heterocycles. The van der Waals surface area contributed by atoms with Crippen molar-refractivity contribution in [2.24, 2.45) is 0 Å². The van der Waals surface area contributed by atoms with Gasteiger partial charge in [-0.3, -0.25) is 48.3 Å². The molecule has 7 N–H and O–H groups in total. The molecule has 0 aromatic heterocycles. The van der Waals surface area contributed by atoms with Gasteiger partial charge in [-0.2, -0.15) is 0 Å². The van der Waals surface area contributed by atoms with Gasteiger partial charge >= 0.3 is 17.9 Å². The summed E-state index contributed by atoms with van der Waals surface area (Å²) in [5.74, 6) is -4.37. The number of nitrogens with zero attached hydrogens (tertiary/aromatic N) is 3. The number of carbonyl (C=O) groups is 7. The zero-order valence-electron chi connectivity index (χ0n) is 52.5. The summed E-state index contributed by atoms with van der Waals surface area (Å²) in [7, 11) is 0. The van der Waals surface area contributed by atoms with E-state index in [0.29, 0.717) is 52.4 Å². The summed E-state index contributed by atoms with van der Waals surface area (Å²) < 4.78 is 22.1. The zero-order valence-corrected chi connectivity index (χ0v) is 54.8. The maximum atomic E-state index is 12.7. The van der Waals surface area contributed by atoms with E-state index < -0.39 is 49.4 Å². The molecule has 0 aliphatic rings. The number of unbranched alkanes of at least 4 members (excludes halogenated alkanes) is 28. The molecule has 0 spiro atoms. The molecule has 4 amide bonds. The molecule has 0 radical (unpaired) electrons. The molecule has 0 aromatic carbocycles. The number of amides is 4. The van der Waals surface area contributed by atoms with Crippen LogP contribution in [-0.2, 0) is 52.5 Å². The first kappa shape index (κ1) is 83.4. The second-order valence-corrected chi connectivity index (χ2v) is 22.1. The molecule has 0 saturated carbocycles. The Bertz CT molecular complexity index is 1490. The maximum Gasteiger partial charge on any atom is 0.317 e. The summed E-state index contributed by atoms with van der Waals surface area (Å²) >= 11 is 0. The van der Waals surface area contributed by atoms with Gasteiger partial charge < -0.3 is 55.5 Å². The van der Waals surface area contributed by atoms with Gasteiger partial charge in [0.1, 0.15) is 0 Å². The van der Waals surface area contributed by atoms with Crippen LogP contribution in [0.1, 0.15) is 219 Å². The molecule has 0 heterocycles. The second-order valence-electron chi connectivity index (χ2n) is 22.1. The van der Waals surface area contributed by atoms with Gasteiger partial charge in [0, 0.05) is 105 Å². The number of carboxylic acid groups (broad SMARTS) is 3. The molecule has 0 rings (SSSR count). The first-order valence-corrected chi connectivity index (χ1v) is 32.6. The van der Waals surface area contributed by atoms with Gasteiger partial charge in [-0.05, 0) is 12.8 Å². The minimum atomic E-state index is -1.18. The number of hydrogen-bond donors (Lipinski definition) is 7. The largest absolute Gasteiger partial charge is 0.480 e. The van der Waals surface area contributed by atoms with Gasteiger partial charge in [0.15, 0.2) is 0 Å². The van der Waals surface area contributed by atoms with Gasteiger partial charge in [-0.25, -0.2) is 0 Å². The maximum absolute atomic E-state index is 12.7. The Labute approximate surface area is 539 Å². The van der Waals surface area contributed by atoms with E-state index in [1.165, 1.54) is 182 Å². The number of nitrogens with one attached hydrogen (secondary N) is 4. The third kappa shape index (κ3) is 63.8. The number of hydrogen-bond acceptors (Lipinski definition) is 14. The van der Waals surface area contributed by atoms with E-state index in [0.717, 1.165) is 25.7 Å². The molecule has 0 atom stereocenters. The summed E-state index contributed by atoms with van der Waals surface area (Å²) in [6.45, 7) is 6.08. The standard InChI is InChI=1S/C62H119N7O14.Gd/c1-3-5-7-9-11-13-15-17-19-21-23-25-27-29-31-33-56(70)63-35-43-80-47-49-82-45-37-65-58(72)51-68(54-61(76)77)41-39-67(53-60(74)75)40-42-69(55-62(78)79)52-59(73)66-38-46-83-50-48-81-44-36-64-57(71)34-32-30-28-26-24-22-20-18-16-14-12-10-8-6-4-2;/h3-55H2,1-2H3,(H,63,70)(H,64,71)(H,65,72)(H,66,73)(H,74,75)(H,76,77)(H,78,79);. The van der Waals surface area contributed by atoms with E-state index in [4.69, 9.17) is 18.9 Å². The number of aliphatic carboxylic acids is 3. The summed E-state index contributed by atoms with van der Waals surface area (Å²) in [5, 5.41) is 39.8. The Morgan fingerprint density at radius 2 is 0.500 bits per heavy atom. The molecule has 0 fully saturated rings. The molecule has 0 aliphatic carbocycles. The second kappa shape index (κ2) is 64.8. The van der Waals surface area contributed by atoms with Crippen molar-refractivity contribution in [2.45, 2.75) is 219 Å². The van der Waals surface area contributed by atoms with Gasteiger partial charge in [0.05, 0.1) is 85.6 Å². The Hall–Kier alpha value is -2.67. The molecule has 21 nitrogen and oxygen atoms in total. The summed E-state index contributed by atoms with van der Waals surface area (Å²) in [5.41, 5.74) is 0. The van der Waals surface area contributed by atoms with E-state index in [1.807, 2.05) is 0 Å². The summed E-state index contributed by atoms with van der Waals surface area (Å²) in [6.07, 6.45) is 39.5. The first-order valence-electron chi connectivity index (χ1n) is 32.6. The smallest absolute Gasteiger partial charge is 0.317 e. The Morgan fingerprint density at radius 1 is 0.286 bits per heavy atom. The number of carboxylic acids is 3. The summed E-state index contributed by atoms with van der Waals surface area (Å²) in [6, 6.07) is 0. The average molecular weight is 1340 g/mol. The van der Waals surface area contributed by atoms with Gasteiger partial charge in [0.2, 0.25) is 23.6 Å². The molecule has 0 aromatic rings. The quantitative estimate of drug-likeness (QED) is 0.0283. The minimum absolute atomic E-state index is 0. The van der Waals surface area contributed by atoms with Crippen LogP contribution < -0.4 is 21.3 Å². The van der Waals surface area contributed by atoms with Crippen LogP contribution in [0.15, 0.2) is 0 Å².